The number of fused-ring (bicyclic) bond motifs is 1. The SMILES string of the molecule is C=CCOc1ccc([C@H]2C(=C(O)c3ccc4c(c3)OCCO4)C(=O)C(=O)N2c2nnc(SCc3ccccc3)s2)cc1OCC. The molecular formula is C33H29N3O7S2. The van der Waals surface area contributed by atoms with Gasteiger partial charge in [-0.15, -0.1) is 10.2 Å². The number of aliphatic hydroxyl groups excluding tert-OH is 1. The van der Waals surface area contributed by atoms with Crippen LogP contribution in [0.15, 0.2) is 89.3 Å². The number of benzene rings is 3. The van der Waals surface area contributed by atoms with E-state index in [1.165, 1.54) is 28.0 Å². The number of aliphatic hydroxyl groups is 1. The smallest absolute Gasteiger partial charge is 0.301 e. The van der Waals surface area contributed by atoms with E-state index in [9.17, 15) is 14.7 Å². The van der Waals surface area contributed by atoms with Crippen molar-refractivity contribution in [2.75, 3.05) is 31.3 Å². The maximum absolute atomic E-state index is 13.7. The maximum atomic E-state index is 13.7. The van der Waals surface area contributed by atoms with Crippen molar-refractivity contribution in [2.45, 2.75) is 23.1 Å². The molecule has 1 N–H and O–H groups in total. The van der Waals surface area contributed by atoms with Crippen molar-refractivity contribution in [3.05, 3.63) is 102 Å². The summed E-state index contributed by atoms with van der Waals surface area (Å²) in [4.78, 5) is 28.7. The van der Waals surface area contributed by atoms with Gasteiger partial charge in [0, 0.05) is 11.3 Å². The van der Waals surface area contributed by atoms with Crippen molar-refractivity contribution in [1.29, 1.82) is 0 Å². The zero-order valence-corrected chi connectivity index (χ0v) is 25.9. The highest BCUT2D eigenvalue weighted by Gasteiger charge is 2.48. The number of anilines is 1. The van der Waals surface area contributed by atoms with Gasteiger partial charge in [0.15, 0.2) is 27.3 Å². The molecule has 4 aromatic rings. The predicted octanol–water partition coefficient (Wildman–Crippen LogP) is 6.19. The first-order valence-electron chi connectivity index (χ1n) is 14.2. The molecule has 45 heavy (non-hydrogen) atoms. The van der Waals surface area contributed by atoms with Crippen LogP contribution in [0.25, 0.3) is 5.76 Å². The number of ether oxygens (including phenoxy) is 4. The summed E-state index contributed by atoms with van der Waals surface area (Å²) in [6.45, 7) is 6.91. The third kappa shape index (κ3) is 6.24. The van der Waals surface area contributed by atoms with Gasteiger partial charge < -0.3 is 24.1 Å². The molecule has 0 unspecified atom stereocenters. The first-order chi connectivity index (χ1) is 22.0. The molecule has 1 amide bonds. The summed E-state index contributed by atoms with van der Waals surface area (Å²) in [5.74, 6) is 0.462. The number of nitrogens with zero attached hydrogens (tertiary/aromatic N) is 3. The lowest BCUT2D eigenvalue weighted by Crippen LogP contribution is -2.29. The van der Waals surface area contributed by atoms with Gasteiger partial charge in [-0.05, 0) is 48.4 Å². The highest BCUT2D eigenvalue weighted by Crippen LogP contribution is 2.46. The lowest BCUT2D eigenvalue weighted by atomic mass is 9.95. The van der Waals surface area contributed by atoms with E-state index in [4.69, 9.17) is 18.9 Å². The molecule has 12 heteroatoms. The zero-order chi connectivity index (χ0) is 31.3. The van der Waals surface area contributed by atoms with Crippen LogP contribution in [0.1, 0.15) is 29.7 Å². The minimum Gasteiger partial charge on any atom is -0.507 e. The van der Waals surface area contributed by atoms with E-state index in [0.717, 1.165) is 5.56 Å². The van der Waals surface area contributed by atoms with Gasteiger partial charge in [0.05, 0.1) is 18.2 Å². The fourth-order valence-electron chi connectivity index (χ4n) is 5.00. The Balaban J connectivity index is 1.43. The van der Waals surface area contributed by atoms with Crippen LogP contribution < -0.4 is 23.8 Å². The van der Waals surface area contributed by atoms with Gasteiger partial charge in [-0.25, -0.2) is 0 Å². The lowest BCUT2D eigenvalue weighted by Gasteiger charge is -2.24. The Morgan fingerprint density at radius 2 is 1.84 bits per heavy atom. The monoisotopic (exact) mass is 643 g/mol. The Labute approximate surface area is 267 Å². The van der Waals surface area contributed by atoms with Crippen LogP contribution in [0.4, 0.5) is 5.13 Å². The second kappa shape index (κ2) is 13.4. The first-order valence-corrected chi connectivity index (χ1v) is 16.0. The van der Waals surface area contributed by atoms with Gasteiger partial charge in [-0.1, -0.05) is 72.2 Å². The topological polar surface area (TPSA) is 120 Å². The van der Waals surface area contributed by atoms with Gasteiger partial charge in [0.25, 0.3) is 5.78 Å². The highest BCUT2D eigenvalue weighted by molar-refractivity contribution is 8.00. The van der Waals surface area contributed by atoms with Crippen LogP contribution in [0.3, 0.4) is 0 Å². The molecule has 230 valence electrons. The van der Waals surface area contributed by atoms with Crippen LogP contribution in [0, 0.1) is 0 Å². The highest BCUT2D eigenvalue weighted by atomic mass is 32.2. The van der Waals surface area contributed by atoms with Crippen molar-refractivity contribution < 1.29 is 33.6 Å². The van der Waals surface area contributed by atoms with Crippen molar-refractivity contribution in [3.63, 3.8) is 0 Å². The molecule has 2 aliphatic heterocycles. The molecule has 3 aromatic carbocycles. The van der Waals surface area contributed by atoms with Gasteiger partial charge in [0.1, 0.15) is 25.6 Å². The van der Waals surface area contributed by atoms with Gasteiger partial charge in [-0.3, -0.25) is 14.5 Å². The molecule has 0 spiro atoms. The molecule has 1 atom stereocenters. The quantitative estimate of drug-likeness (QED) is 0.0506. The maximum Gasteiger partial charge on any atom is 0.301 e. The molecule has 6 rings (SSSR count). The lowest BCUT2D eigenvalue weighted by molar-refractivity contribution is -0.132. The molecule has 1 aromatic heterocycles. The Morgan fingerprint density at radius 1 is 1.04 bits per heavy atom. The Kier molecular flexibility index (Phi) is 9.03. The van der Waals surface area contributed by atoms with E-state index in [1.807, 2.05) is 37.3 Å². The van der Waals surface area contributed by atoms with Crippen molar-refractivity contribution in [2.24, 2.45) is 0 Å². The van der Waals surface area contributed by atoms with E-state index in [1.54, 1.807) is 42.5 Å². The molecule has 0 radical (unpaired) electrons. The predicted molar refractivity (Wildman–Crippen MR) is 171 cm³/mol. The van der Waals surface area contributed by atoms with Crippen LogP contribution in [0.5, 0.6) is 23.0 Å². The van der Waals surface area contributed by atoms with Crippen LogP contribution in [0.2, 0.25) is 0 Å². The molecule has 3 heterocycles. The van der Waals surface area contributed by atoms with E-state index in [0.29, 0.717) is 64.0 Å². The molecule has 0 aliphatic carbocycles. The molecule has 1 saturated heterocycles. The van der Waals surface area contributed by atoms with E-state index >= 15 is 0 Å². The number of hydrogen-bond acceptors (Lipinski definition) is 11. The average Bonchev–Trinajstić information content (AvgIpc) is 3.64. The molecule has 0 bridgehead atoms. The summed E-state index contributed by atoms with van der Waals surface area (Å²) in [6, 6.07) is 18.9. The number of carbonyl (C=O) groups is 2. The Morgan fingerprint density at radius 3 is 2.62 bits per heavy atom. The summed E-state index contributed by atoms with van der Waals surface area (Å²) in [6.07, 6.45) is 1.62. The van der Waals surface area contributed by atoms with Crippen LogP contribution in [-0.2, 0) is 15.3 Å². The number of rotatable bonds is 11. The zero-order valence-electron chi connectivity index (χ0n) is 24.3. The fourth-order valence-corrected chi connectivity index (χ4v) is 6.82. The number of hydrogen-bond donors (Lipinski definition) is 1. The number of carbonyl (C=O) groups excluding carboxylic acids is 2. The number of Topliss-reactive ketones (excluding diaryl/α,β-unsaturated/α-hetero) is 1. The second-order valence-electron chi connectivity index (χ2n) is 9.89. The van der Waals surface area contributed by atoms with Crippen molar-refractivity contribution in [3.8, 4) is 23.0 Å². The van der Waals surface area contributed by atoms with Gasteiger partial charge in [-0.2, -0.15) is 0 Å². The third-order valence-corrected chi connectivity index (χ3v) is 9.13. The summed E-state index contributed by atoms with van der Waals surface area (Å²) in [5, 5.41) is 20.5. The average molecular weight is 644 g/mol. The first kappa shape index (κ1) is 30.2. The molecule has 1 fully saturated rings. The second-order valence-corrected chi connectivity index (χ2v) is 12.1. The van der Waals surface area contributed by atoms with Crippen molar-refractivity contribution in [1.82, 2.24) is 10.2 Å². The van der Waals surface area contributed by atoms with Gasteiger partial charge >= 0.3 is 5.91 Å². The molecular weight excluding hydrogens is 615 g/mol. The third-order valence-electron chi connectivity index (χ3n) is 7.01. The normalized spacial score (nSPS) is 16.9. The van der Waals surface area contributed by atoms with E-state index in [2.05, 4.69) is 16.8 Å². The molecule has 0 saturated carbocycles. The Bertz CT molecular complexity index is 1770. The van der Waals surface area contributed by atoms with Crippen molar-refractivity contribution >= 4 is 45.7 Å². The standard InChI is InChI=1S/C33H29N3O7S2/c1-3-14-41-23-12-10-21(17-25(23)40-4-2)28-27(29(37)22-11-13-24-26(18-22)43-16-15-42-24)30(38)31(39)36(28)32-34-35-33(45-32)44-19-20-8-6-5-7-9-20/h3,5-13,17-18,28,37H,1,4,14-16,19H2,2H3/t28-/m0/s1. The largest absolute Gasteiger partial charge is 0.507 e. The summed E-state index contributed by atoms with van der Waals surface area (Å²) < 4.78 is 23.6. The Hall–Kier alpha value is -4.81. The number of amides is 1. The van der Waals surface area contributed by atoms with E-state index in [-0.39, 0.29) is 23.1 Å². The molecule has 10 nitrogen and oxygen atoms in total. The minimum absolute atomic E-state index is 0.104. The van der Waals surface area contributed by atoms with Crippen LogP contribution in [-0.4, -0.2) is 53.4 Å². The van der Waals surface area contributed by atoms with Crippen LogP contribution >= 0.6 is 23.1 Å². The number of thioether (sulfide) groups is 1. The summed E-state index contributed by atoms with van der Waals surface area (Å²) >= 11 is 2.67. The number of ketones is 1. The summed E-state index contributed by atoms with van der Waals surface area (Å²) in [5.41, 5.74) is 1.82. The molecule has 2 aliphatic rings. The van der Waals surface area contributed by atoms with E-state index < -0.39 is 17.7 Å². The fraction of sp³-hybridized carbons (Fsp3) is 0.212. The summed E-state index contributed by atoms with van der Waals surface area (Å²) in [7, 11) is 0. The number of aromatic nitrogens is 2. The van der Waals surface area contributed by atoms with Gasteiger partial charge in [0.2, 0.25) is 5.13 Å². The minimum atomic E-state index is -1.04.